The van der Waals surface area contributed by atoms with Gasteiger partial charge in [0.25, 0.3) is 0 Å². The second kappa shape index (κ2) is 4.93. The highest BCUT2D eigenvalue weighted by Crippen LogP contribution is 2.30. The van der Waals surface area contributed by atoms with Crippen molar-refractivity contribution < 1.29 is 4.74 Å². The molecule has 1 aromatic heterocycles. The molecule has 1 fully saturated rings. The number of ether oxygens (including phenoxy) is 1. The quantitative estimate of drug-likeness (QED) is 0.839. The Hall–Kier alpha value is -1.27. The second-order valence-electron chi connectivity index (χ2n) is 6.54. The van der Waals surface area contributed by atoms with Gasteiger partial charge in [-0.1, -0.05) is 12.2 Å². The van der Waals surface area contributed by atoms with E-state index in [2.05, 4.69) is 42.6 Å². The summed E-state index contributed by atoms with van der Waals surface area (Å²) in [6, 6.07) is 1.81. The van der Waals surface area contributed by atoms with E-state index in [9.17, 15) is 0 Å². The largest absolute Gasteiger partial charge is 0.388 e. The Morgan fingerprint density at radius 3 is 2.30 bits per heavy atom. The zero-order valence-electron chi connectivity index (χ0n) is 12.7. The van der Waals surface area contributed by atoms with Crippen LogP contribution in [0, 0.1) is 6.92 Å². The van der Waals surface area contributed by atoms with Crippen LogP contribution in [-0.4, -0.2) is 39.2 Å². The number of nitrogens with zero attached hydrogens (tertiary/aromatic N) is 3. The second-order valence-corrected chi connectivity index (χ2v) is 6.98. The summed E-state index contributed by atoms with van der Waals surface area (Å²) in [4.78, 5) is 11.4. The van der Waals surface area contributed by atoms with Gasteiger partial charge in [-0.25, -0.2) is 9.97 Å². The van der Waals surface area contributed by atoms with Gasteiger partial charge in [-0.3, -0.25) is 0 Å². The van der Waals surface area contributed by atoms with Gasteiger partial charge in [-0.05, 0) is 40.7 Å². The molecule has 110 valence electrons. The predicted molar refractivity (Wildman–Crippen MR) is 84.1 cm³/mol. The third kappa shape index (κ3) is 3.43. The summed E-state index contributed by atoms with van der Waals surface area (Å²) in [7, 11) is 0. The van der Waals surface area contributed by atoms with Gasteiger partial charge < -0.3 is 15.4 Å². The summed E-state index contributed by atoms with van der Waals surface area (Å²) in [5, 5.41) is 0. The lowest BCUT2D eigenvalue weighted by Gasteiger charge is -2.47. The maximum Gasteiger partial charge on any atom is 0.226 e. The highest BCUT2D eigenvalue weighted by atomic mass is 32.1. The van der Waals surface area contributed by atoms with Gasteiger partial charge in [-0.2, -0.15) is 0 Å². The summed E-state index contributed by atoms with van der Waals surface area (Å²) in [6.07, 6.45) is 0. The molecule has 0 amide bonds. The lowest BCUT2D eigenvalue weighted by molar-refractivity contribution is -0.133. The SMILES string of the molecule is Cc1cc(C(N)=S)nc(N2CC(C)(C)OC(C)(C)C2)n1. The average molecular weight is 294 g/mol. The lowest BCUT2D eigenvalue weighted by Crippen LogP contribution is -2.57. The molecule has 2 heterocycles. The van der Waals surface area contributed by atoms with E-state index in [1.165, 1.54) is 0 Å². The molecule has 0 radical (unpaired) electrons. The van der Waals surface area contributed by atoms with Crippen LogP contribution in [0.2, 0.25) is 0 Å². The van der Waals surface area contributed by atoms with Crippen LogP contribution in [0.4, 0.5) is 5.95 Å². The van der Waals surface area contributed by atoms with E-state index >= 15 is 0 Å². The molecule has 0 bridgehead atoms. The number of aromatic nitrogens is 2. The number of nitrogens with two attached hydrogens (primary N) is 1. The molecule has 2 rings (SSSR count). The monoisotopic (exact) mass is 294 g/mol. The number of hydrogen-bond donors (Lipinski definition) is 1. The third-order valence-corrected chi connectivity index (χ3v) is 3.28. The van der Waals surface area contributed by atoms with E-state index in [1.807, 2.05) is 13.0 Å². The molecule has 0 aliphatic carbocycles. The fourth-order valence-corrected chi connectivity index (χ4v) is 2.85. The summed E-state index contributed by atoms with van der Waals surface area (Å²) in [6.45, 7) is 11.7. The maximum absolute atomic E-state index is 6.07. The predicted octanol–water partition coefficient (Wildman–Crippen LogP) is 1.81. The van der Waals surface area contributed by atoms with Crippen molar-refractivity contribution in [2.75, 3.05) is 18.0 Å². The Balaban J connectivity index is 2.38. The summed E-state index contributed by atoms with van der Waals surface area (Å²) in [5.41, 5.74) is 6.66. The molecular formula is C14H22N4OS. The standard InChI is InChI=1S/C14H22N4OS/c1-9-6-10(11(15)20)17-12(16-9)18-7-13(2,3)19-14(4,5)8-18/h6H,7-8H2,1-5H3,(H2,15,20). The molecule has 1 aromatic rings. The number of aryl methyl sites for hydroxylation is 1. The molecule has 0 unspecified atom stereocenters. The van der Waals surface area contributed by atoms with Crippen molar-refractivity contribution in [1.29, 1.82) is 0 Å². The van der Waals surface area contributed by atoms with Crippen molar-refractivity contribution in [3.63, 3.8) is 0 Å². The number of anilines is 1. The first-order chi connectivity index (χ1) is 9.08. The van der Waals surface area contributed by atoms with Gasteiger partial charge in [-0.15, -0.1) is 0 Å². The molecule has 5 nitrogen and oxygen atoms in total. The van der Waals surface area contributed by atoms with Gasteiger partial charge in [0.1, 0.15) is 10.7 Å². The number of rotatable bonds is 2. The number of thiocarbonyl (C=S) groups is 1. The first-order valence-electron chi connectivity index (χ1n) is 6.69. The fourth-order valence-electron chi connectivity index (χ4n) is 2.75. The summed E-state index contributed by atoms with van der Waals surface area (Å²) < 4.78 is 6.07. The van der Waals surface area contributed by atoms with Gasteiger partial charge >= 0.3 is 0 Å². The molecule has 6 heteroatoms. The van der Waals surface area contributed by atoms with Crippen molar-refractivity contribution in [2.45, 2.75) is 45.8 Å². The summed E-state index contributed by atoms with van der Waals surface area (Å²) >= 11 is 5.02. The topological polar surface area (TPSA) is 64.3 Å². The molecule has 0 aromatic carbocycles. The zero-order valence-corrected chi connectivity index (χ0v) is 13.5. The zero-order chi connectivity index (χ0) is 15.1. The Morgan fingerprint density at radius 2 is 1.80 bits per heavy atom. The van der Waals surface area contributed by atoms with Crippen LogP contribution in [0.1, 0.15) is 39.1 Å². The van der Waals surface area contributed by atoms with Gasteiger partial charge in [0.05, 0.1) is 11.2 Å². The Morgan fingerprint density at radius 1 is 1.25 bits per heavy atom. The van der Waals surface area contributed by atoms with Crippen LogP contribution in [-0.2, 0) is 4.74 Å². The van der Waals surface area contributed by atoms with Gasteiger partial charge in [0, 0.05) is 18.8 Å². The molecule has 0 atom stereocenters. The molecule has 0 saturated carbocycles. The third-order valence-electron chi connectivity index (χ3n) is 3.07. The Kier molecular flexibility index (Phi) is 3.73. The van der Waals surface area contributed by atoms with Crippen molar-refractivity contribution in [3.8, 4) is 0 Å². The molecule has 2 N–H and O–H groups in total. The van der Waals surface area contributed by atoms with E-state index in [0.717, 1.165) is 18.8 Å². The molecule has 1 saturated heterocycles. The molecule has 20 heavy (non-hydrogen) atoms. The smallest absolute Gasteiger partial charge is 0.226 e. The Labute approximate surface area is 125 Å². The molecule has 0 spiro atoms. The van der Waals surface area contributed by atoms with E-state index in [-0.39, 0.29) is 11.2 Å². The fraction of sp³-hybridized carbons (Fsp3) is 0.643. The van der Waals surface area contributed by atoms with Crippen molar-refractivity contribution in [1.82, 2.24) is 9.97 Å². The number of hydrogen-bond acceptors (Lipinski definition) is 5. The minimum Gasteiger partial charge on any atom is -0.388 e. The van der Waals surface area contributed by atoms with E-state index in [0.29, 0.717) is 16.6 Å². The van der Waals surface area contributed by atoms with Crippen LogP contribution in [0.3, 0.4) is 0 Å². The van der Waals surface area contributed by atoms with E-state index < -0.39 is 0 Å². The van der Waals surface area contributed by atoms with E-state index in [4.69, 9.17) is 22.7 Å². The van der Waals surface area contributed by atoms with Crippen molar-refractivity contribution >= 4 is 23.2 Å². The van der Waals surface area contributed by atoms with Crippen molar-refractivity contribution in [2.24, 2.45) is 5.73 Å². The maximum atomic E-state index is 6.07. The van der Waals surface area contributed by atoms with Crippen LogP contribution in [0.25, 0.3) is 0 Å². The lowest BCUT2D eigenvalue weighted by atomic mass is 9.99. The first kappa shape index (κ1) is 15.1. The van der Waals surface area contributed by atoms with E-state index in [1.54, 1.807) is 0 Å². The van der Waals surface area contributed by atoms with Crippen molar-refractivity contribution in [3.05, 3.63) is 17.5 Å². The normalized spacial score (nSPS) is 20.8. The summed E-state index contributed by atoms with van der Waals surface area (Å²) in [5.74, 6) is 0.664. The van der Waals surface area contributed by atoms with Crippen LogP contribution >= 0.6 is 12.2 Å². The number of morpholine rings is 1. The highest BCUT2D eigenvalue weighted by Gasteiger charge is 2.39. The minimum absolute atomic E-state index is 0.252. The highest BCUT2D eigenvalue weighted by molar-refractivity contribution is 7.80. The first-order valence-corrected chi connectivity index (χ1v) is 7.09. The van der Waals surface area contributed by atoms with Gasteiger partial charge in [0.15, 0.2) is 0 Å². The molecule has 1 aliphatic heterocycles. The average Bonchev–Trinajstić information content (AvgIpc) is 2.23. The minimum atomic E-state index is -0.252. The molecular weight excluding hydrogens is 272 g/mol. The van der Waals surface area contributed by atoms with Crippen LogP contribution in [0.5, 0.6) is 0 Å². The van der Waals surface area contributed by atoms with Crippen LogP contribution < -0.4 is 10.6 Å². The van der Waals surface area contributed by atoms with Crippen LogP contribution in [0.15, 0.2) is 6.07 Å². The molecule has 1 aliphatic rings. The Bertz CT molecular complexity index is 526. The van der Waals surface area contributed by atoms with Gasteiger partial charge in [0.2, 0.25) is 5.95 Å².